The molecule has 3 atom stereocenters. The number of tetrazole rings is 1. The number of halogens is 1. The molecular formula is C26H27FN8O2. The zero-order chi connectivity index (χ0) is 25.5. The zero-order valence-electron chi connectivity index (χ0n) is 20.5. The van der Waals surface area contributed by atoms with E-state index in [9.17, 15) is 9.18 Å². The van der Waals surface area contributed by atoms with Crippen LogP contribution in [-0.2, 0) is 16.0 Å². The molecule has 1 amide bonds. The largest absolute Gasteiger partial charge is 0.371 e. The Kier molecular flexibility index (Phi) is 6.14. The highest BCUT2D eigenvalue weighted by atomic mass is 19.1. The molecule has 2 fully saturated rings. The van der Waals surface area contributed by atoms with Crippen molar-refractivity contribution in [3.05, 3.63) is 70.2 Å². The summed E-state index contributed by atoms with van der Waals surface area (Å²) in [4.78, 5) is 26.1. The van der Waals surface area contributed by atoms with Gasteiger partial charge in [0, 0.05) is 31.9 Å². The minimum atomic E-state index is -0.497. The molecular weight excluding hydrogens is 475 g/mol. The molecule has 1 aromatic carbocycles. The summed E-state index contributed by atoms with van der Waals surface area (Å²) < 4.78 is 21.7. The van der Waals surface area contributed by atoms with Crippen LogP contribution in [0.2, 0.25) is 0 Å². The highest BCUT2D eigenvalue weighted by molar-refractivity contribution is 5.84. The van der Waals surface area contributed by atoms with Crippen molar-refractivity contribution in [1.29, 1.82) is 0 Å². The molecule has 3 aliphatic rings. The van der Waals surface area contributed by atoms with Crippen molar-refractivity contribution >= 4 is 11.6 Å². The molecule has 37 heavy (non-hydrogen) atoms. The number of aromatic nitrogens is 5. The summed E-state index contributed by atoms with van der Waals surface area (Å²) in [5.74, 6) is 0.107. The fraction of sp³-hybridized carbons (Fsp3) is 0.462. The molecule has 0 radical (unpaired) electrons. The molecule has 4 heterocycles. The topological polar surface area (TPSA) is 93.6 Å². The summed E-state index contributed by atoms with van der Waals surface area (Å²) >= 11 is 0. The first-order valence-corrected chi connectivity index (χ1v) is 12.6. The highest BCUT2D eigenvalue weighted by Crippen LogP contribution is 2.36. The van der Waals surface area contributed by atoms with Crippen molar-refractivity contribution in [1.82, 2.24) is 35.0 Å². The maximum absolute atomic E-state index is 14.0. The molecule has 2 aromatic heterocycles. The van der Waals surface area contributed by atoms with Crippen molar-refractivity contribution in [3.8, 4) is 5.82 Å². The summed E-state index contributed by atoms with van der Waals surface area (Å²) in [5.41, 5.74) is 3.49. The van der Waals surface area contributed by atoms with Crippen LogP contribution in [0.1, 0.15) is 47.2 Å². The van der Waals surface area contributed by atoms with Crippen molar-refractivity contribution < 1.29 is 13.9 Å². The Morgan fingerprint density at radius 2 is 2.05 bits per heavy atom. The number of hydrogen-bond donors (Lipinski definition) is 0. The summed E-state index contributed by atoms with van der Waals surface area (Å²) in [6, 6.07) is 7.05. The van der Waals surface area contributed by atoms with E-state index in [1.165, 1.54) is 17.1 Å². The summed E-state index contributed by atoms with van der Waals surface area (Å²) in [6.45, 7) is 12.2. The van der Waals surface area contributed by atoms with E-state index in [0.29, 0.717) is 37.6 Å². The number of piperazine rings is 1. The number of fused-ring (bicyclic) bond motifs is 2. The van der Waals surface area contributed by atoms with Gasteiger partial charge in [-0.25, -0.2) is 14.2 Å². The number of amides is 1. The molecule has 0 bridgehead atoms. The Morgan fingerprint density at radius 1 is 1.19 bits per heavy atom. The molecule has 2 aliphatic heterocycles. The molecule has 0 saturated carbocycles. The normalized spacial score (nSPS) is 23.7. The maximum atomic E-state index is 14.0. The summed E-state index contributed by atoms with van der Waals surface area (Å²) in [5, 5.41) is 11.3. The summed E-state index contributed by atoms with van der Waals surface area (Å²) in [7, 11) is 0. The van der Waals surface area contributed by atoms with Crippen LogP contribution in [0.5, 0.6) is 0 Å². The van der Waals surface area contributed by atoms with E-state index in [2.05, 4.69) is 25.3 Å². The molecule has 10 nitrogen and oxygen atoms in total. The van der Waals surface area contributed by atoms with Crippen LogP contribution in [0.15, 0.2) is 30.6 Å². The number of carbonyl (C=O) groups is 1. The average Bonchev–Trinajstić information content (AvgIpc) is 3.47. The van der Waals surface area contributed by atoms with Crippen LogP contribution in [0.3, 0.4) is 0 Å². The third kappa shape index (κ3) is 4.26. The SMILES string of the molecule is [C-]#[N+]c1c(F)ccc([C@H]2CN3CCN(C(=O)C4CCCc5nc(-n6cnnn6)ccc54)C[C@@H]3CO2)c1C. The van der Waals surface area contributed by atoms with Crippen LogP contribution >= 0.6 is 0 Å². The quantitative estimate of drug-likeness (QED) is 0.509. The van der Waals surface area contributed by atoms with Crippen LogP contribution in [0, 0.1) is 19.3 Å². The van der Waals surface area contributed by atoms with Gasteiger partial charge in [0.2, 0.25) is 11.6 Å². The Labute approximate surface area is 213 Å². The number of aryl methyl sites for hydroxylation is 1. The average molecular weight is 503 g/mol. The Balaban J connectivity index is 1.14. The molecule has 0 spiro atoms. The monoisotopic (exact) mass is 502 g/mol. The number of pyridine rings is 1. The fourth-order valence-electron chi connectivity index (χ4n) is 5.86. The van der Waals surface area contributed by atoms with Gasteiger partial charge in [-0.1, -0.05) is 12.1 Å². The second kappa shape index (κ2) is 9.61. The number of morpholine rings is 1. The minimum Gasteiger partial charge on any atom is -0.371 e. The van der Waals surface area contributed by atoms with E-state index in [1.807, 2.05) is 17.0 Å². The van der Waals surface area contributed by atoms with Gasteiger partial charge in [-0.05, 0) is 65.4 Å². The molecule has 11 heteroatoms. The van der Waals surface area contributed by atoms with E-state index < -0.39 is 5.82 Å². The molecule has 1 unspecified atom stereocenters. The third-order valence-electron chi connectivity index (χ3n) is 7.85. The lowest BCUT2D eigenvalue weighted by Crippen LogP contribution is -2.60. The standard InChI is InChI=1S/C26H27FN8O2/c1-16-18(6-8-21(27)25(16)28-2)23-13-33-10-11-34(12-17(33)14-37-23)26(36)20-4-3-5-22-19(20)7-9-24(30-22)35-15-29-31-32-35/h6-9,15,17,20,23H,3-5,10-14H2,1H3/t17-,20?,23-/m1/s1. The van der Waals surface area contributed by atoms with Gasteiger partial charge >= 0.3 is 0 Å². The number of hydrogen-bond acceptors (Lipinski definition) is 7. The highest BCUT2D eigenvalue weighted by Gasteiger charge is 2.39. The van der Waals surface area contributed by atoms with Gasteiger partial charge in [0.1, 0.15) is 12.1 Å². The van der Waals surface area contributed by atoms with Crippen molar-refractivity contribution in [2.45, 2.75) is 44.2 Å². The molecule has 1 aliphatic carbocycles. The number of rotatable bonds is 3. The van der Waals surface area contributed by atoms with E-state index in [0.717, 1.165) is 42.6 Å². The number of carbonyl (C=O) groups excluding carboxylic acids is 1. The van der Waals surface area contributed by atoms with Crippen LogP contribution in [-0.4, -0.2) is 79.7 Å². The molecule has 190 valence electrons. The Bertz CT molecular complexity index is 1370. The lowest BCUT2D eigenvalue weighted by atomic mass is 9.84. The van der Waals surface area contributed by atoms with E-state index in [1.54, 1.807) is 13.0 Å². The van der Waals surface area contributed by atoms with E-state index in [-0.39, 0.29) is 29.7 Å². The van der Waals surface area contributed by atoms with E-state index in [4.69, 9.17) is 16.3 Å². The first-order chi connectivity index (χ1) is 18.0. The third-order valence-corrected chi connectivity index (χ3v) is 7.85. The van der Waals surface area contributed by atoms with Crippen LogP contribution in [0.4, 0.5) is 10.1 Å². The predicted octanol–water partition coefficient (Wildman–Crippen LogP) is 2.76. The number of nitrogens with zero attached hydrogens (tertiary/aromatic N) is 8. The molecule has 3 aromatic rings. The van der Waals surface area contributed by atoms with Gasteiger partial charge in [0.25, 0.3) is 0 Å². The fourth-order valence-corrected chi connectivity index (χ4v) is 5.86. The maximum Gasteiger partial charge on any atom is 0.230 e. The molecule has 6 rings (SSSR count). The van der Waals surface area contributed by atoms with Crippen molar-refractivity contribution in [2.24, 2.45) is 0 Å². The van der Waals surface area contributed by atoms with Crippen LogP contribution < -0.4 is 0 Å². The first kappa shape index (κ1) is 23.6. The van der Waals surface area contributed by atoms with Crippen molar-refractivity contribution in [2.75, 3.05) is 32.8 Å². The van der Waals surface area contributed by atoms with Gasteiger partial charge in [-0.15, -0.1) is 5.10 Å². The Morgan fingerprint density at radius 3 is 2.86 bits per heavy atom. The molecule has 2 saturated heterocycles. The van der Waals surface area contributed by atoms with Gasteiger partial charge in [-0.3, -0.25) is 9.69 Å². The van der Waals surface area contributed by atoms with Gasteiger partial charge in [0.15, 0.2) is 5.82 Å². The van der Waals surface area contributed by atoms with Gasteiger partial charge < -0.3 is 9.64 Å². The smallest absolute Gasteiger partial charge is 0.230 e. The second-order valence-electron chi connectivity index (χ2n) is 9.88. The van der Waals surface area contributed by atoms with Crippen molar-refractivity contribution in [3.63, 3.8) is 0 Å². The lowest BCUT2D eigenvalue weighted by Gasteiger charge is -2.47. The van der Waals surface area contributed by atoms with E-state index >= 15 is 0 Å². The second-order valence-corrected chi connectivity index (χ2v) is 9.88. The number of ether oxygens (including phenoxy) is 1. The molecule has 0 N–H and O–H groups in total. The Hall–Kier alpha value is -3.75. The number of benzene rings is 1. The first-order valence-electron chi connectivity index (χ1n) is 12.6. The van der Waals surface area contributed by atoms with Gasteiger partial charge in [0.05, 0.1) is 31.2 Å². The van der Waals surface area contributed by atoms with Crippen LogP contribution in [0.25, 0.3) is 10.7 Å². The lowest BCUT2D eigenvalue weighted by molar-refractivity contribution is -0.142. The predicted molar refractivity (Wildman–Crippen MR) is 131 cm³/mol. The van der Waals surface area contributed by atoms with Gasteiger partial charge in [-0.2, -0.15) is 4.68 Å². The minimum absolute atomic E-state index is 0.0611. The summed E-state index contributed by atoms with van der Waals surface area (Å²) in [6.07, 6.45) is 3.85. The zero-order valence-corrected chi connectivity index (χ0v) is 20.5.